The van der Waals surface area contributed by atoms with Crippen LogP contribution in [0.3, 0.4) is 0 Å². The van der Waals surface area contributed by atoms with Crippen molar-refractivity contribution in [3.63, 3.8) is 0 Å². The van der Waals surface area contributed by atoms with Crippen LogP contribution >= 0.6 is 0 Å². The Hall–Kier alpha value is -1.24. The van der Waals surface area contributed by atoms with Crippen LogP contribution in [0.4, 0.5) is 0 Å². The maximum Gasteiger partial charge on any atom is 0.261 e. The summed E-state index contributed by atoms with van der Waals surface area (Å²) in [6.45, 7) is 8.04. The summed E-state index contributed by atoms with van der Waals surface area (Å²) in [4.78, 5) is 14.4. The van der Waals surface area contributed by atoms with Crippen molar-refractivity contribution in [2.45, 2.75) is 32.5 Å². The highest BCUT2D eigenvalue weighted by Gasteiger charge is 2.29. The summed E-state index contributed by atoms with van der Waals surface area (Å²) in [6.07, 6.45) is 2.56. The summed E-state index contributed by atoms with van der Waals surface area (Å²) in [6, 6.07) is 0. The predicted molar refractivity (Wildman–Crippen MR) is 72.7 cm³/mol. The molecule has 110 valence electrons. The molecule has 3 heterocycles. The van der Waals surface area contributed by atoms with E-state index in [9.17, 15) is 4.79 Å². The number of hydrogen-bond donors (Lipinski definition) is 0. The van der Waals surface area contributed by atoms with Crippen molar-refractivity contribution in [1.29, 1.82) is 0 Å². The number of carbonyl (C=O) groups is 1. The molecule has 1 fully saturated rings. The molecule has 0 spiro atoms. The largest absolute Gasteiger partial charge is 0.379 e. The van der Waals surface area contributed by atoms with Crippen LogP contribution in [0, 0.1) is 0 Å². The molecule has 0 N–H and O–H groups in total. The first-order valence-electron chi connectivity index (χ1n) is 7.08. The lowest BCUT2D eigenvalue weighted by Gasteiger charge is -2.28. The van der Waals surface area contributed by atoms with Gasteiger partial charge in [-0.1, -0.05) is 0 Å². The van der Waals surface area contributed by atoms with E-state index < -0.39 is 0 Å². The Morgan fingerprint density at radius 1 is 1.40 bits per heavy atom. The van der Waals surface area contributed by atoms with Crippen LogP contribution in [0.1, 0.15) is 29.9 Å². The minimum absolute atomic E-state index is 0.0131. The molecular weight excluding hydrogens is 258 g/mol. The minimum atomic E-state index is -0.195. The molecule has 1 saturated heterocycles. The first-order valence-corrected chi connectivity index (χ1v) is 7.08. The van der Waals surface area contributed by atoms with Crippen molar-refractivity contribution in [2.75, 3.05) is 32.8 Å². The smallest absolute Gasteiger partial charge is 0.261 e. The molecule has 6 nitrogen and oxygen atoms in total. The van der Waals surface area contributed by atoms with Crippen molar-refractivity contribution < 1.29 is 14.3 Å². The quantitative estimate of drug-likeness (QED) is 0.798. The van der Waals surface area contributed by atoms with Crippen LogP contribution < -0.4 is 0 Å². The molecule has 0 aliphatic carbocycles. The van der Waals surface area contributed by atoms with E-state index in [0.717, 1.165) is 30.8 Å². The molecule has 0 aromatic carbocycles. The summed E-state index contributed by atoms with van der Waals surface area (Å²) in [5.74, 6) is 0.0131. The molecule has 0 amide bonds. The van der Waals surface area contributed by atoms with Gasteiger partial charge >= 0.3 is 0 Å². The number of nitrogens with zero attached hydrogens (tertiary/aromatic N) is 3. The van der Waals surface area contributed by atoms with Gasteiger partial charge in [-0.25, -0.2) is 4.68 Å². The highest BCUT2D eigenvalue weighted by atomic mass is 16.5. The van der Waals surface area contributed by atoms with Crippen LogP contribution in [0.5, 0.6) is 0 Å². The number of ether oxygens (including phenoxy) is 2. The zero-order valence-corrected chi connectivity index (χ0v) is 12.1. The Labute approximate surface area is 118 Å². The Kier molecular flexibility index (Phi) is 3.62. The molecule has 3 rings (SSSR count). The van der Waals surface area contributed by atoms with Crippen molar-refractivity contribution in [1.82, 2.24) is 14.7 Å². The van der Waals surface area contributed by atoms with Gasteiger partial charge in [-0.2, -0.15) is 5.10 Å². The van der Waals surface area contributed by atoms with Gasteiger partial charge in [0, 0.05) is 31.3 Å². The topological polar surface area (TPSA) is 56.6 Å². The Bertz CT molecular complexity index is 504. The van der Waals surface area contributed by atoms with Gasteiger partial charge < -0.3 is 9.47 Å². The summed E-state index contributed by atoms with van der Waals surface area (Å²) in [7, 11) is 0. The van der Waals surface area contributed by atoms with E-state index in [1.54, 1.807) is 0 Å². The molecule has 1 aromatic rings. The third-order valence-corrected chi connectivity index (χ3v) is 3.81. The first-order chi connectivity index (χ1) is 9.53. The number of rotatable bonds is 2. The van der Waals surface area contributed by atoms with E-state index in [2.05, 4.69) is 10.00 Å². The highest BCUT2D eigenvalue weighted by molar-refractivity contribution is 5.80. The van der Waals surface area contributed by atoms with E-state index in [0.29, 0.717) is 26.4 Å². The third-order valence-electron chi connectivity index (χ3n) is 3.81. The second-order valence-electron chi connectivity index (χ2n) is 6.05. The van der Waals surface area contributed by atoms with Gasteiger partial charge in [0.1, 0.15) is 0 Å². The SMILES string of the molecule is CC1(C)Cc2nn(C(=O)CN3CCOCC3)cc2CO1. The molecule has 2 aliphatic heterocycles. The Morgan fingerprint density at radius 2 is 2.15 bits per heavy atom. The molecule has 6 heteroatoms. The number of carbonyl (C=O) groups excluding carboxylic acids is 1. The predicted octanol–water partition coefficient (Wildman–Crippen LogP) is 0.707. The van der Waals surface area contributed by atoms with Gasteiger partial charge in [-0.3, -0.25) is 9.69 Å². The van der Waals surface area contributed by atoms with Crippen LogP contribution in [-0.2, 0) is 22.5 Å². The molecule has 1 aromatic heterocycles. The number of morpholine rings is 1. The van der Waals surface area contributed by atoms with Crippen molar-refractivity contribution in [3.8, 4) is 0 Å². The number of fused-ring (bicyclic) bond motifs is 1. The molecular formula is C14H21N3O3. The van der Waals surface area contributed by atoms with E-state index in [-0.39, 0.29) is 11.5 Å². The molecule has 0 unspecified atom stereocenters. The highest BCUT2D eigenvalue weighted by Crippen LogP contribution is 2.26. The van der Waals surface area contributed by atoms with E-state index in [1.165, 1.54) is 4.68 Å². The Balaban J connectivity index is 1.68. The number of aromatic nitrogens is 2. The lowest BCUT2D eigenvalue weighted by molar-refractivity contribution is -0.0406. The van der Waals surface area contributed by atoms with E-state index >= 15 is 0 Å². The van der Waals surface area contributed by atoms with Crippen LogP contribution in [0.25, 0.3) is 0 Å². The van der Waals surface area contributed by atoms with Crippen molar-refractivity contribution >= 4 is 5.91 Å². The molecule has 0 bridgehead atoms. The molecule has 0 radical (unpaired) electrons. The van der Waals surface area contributed by atoms with Crippen LogP contribution in [0.15, 0.2) is 6.20 Å². The standard InChI is InChI=1S/C14H21N3O3/c1-14(2)7-12-11(10-20-14)8-17(15-12)13(18)9-16-3-5-19-6-4-16/h8H,3-7,9-10H2,1-2H3. The minimum Gasteiger partial charge on any atom is -0.379 e. The van der Waals surface area contributed by atoms with E-state index in [4.69, 9.17) is 9.47 Å². The van der Waals surface area contributed by atoms with E-state index in [1.807, 2.05) is 20.0 Å². The maximum atomic E-state index is 12.3. The zero-order valence-electron chi connectivity index (χ0n) is 12.1. The van der Waals surface area contributed by atoms with Gasteiger partial charge in [0.15, 0.2) is 0 Å². The lowest BCUT2D eigenvalue weighted by Crippen LogP contribution is -2.41. The average Bonchev–Trinajstić information content (AvgIpc) is 2.81. The van der Waals surface area contributed by atoms with Crippen LogP contribution in [-0.4, -0.2) is 59.0 Å². The van der Waals surface area contributed by atoms with Gasteiger partial charge in [0.2, 0.25) is 0 Å². The van der Waals surface area contributed by atoms with Crippen LogP contribution in [0.2, 0.25) is 0 Å². The van der Waals surface area contributed by atoms with Gasteiger partial charge in [-0.05, 0) is 13.8 Å². The molecule has 20 heavy (non-hydrogen) atoms. The fourth-order valence-corrected chi connectivity index (χ4v) is 2.59. The second-order valence-corrected chi connectivity index (χ2v) is 6.05. The summed E-state index contributed by atoms with van der Waals surface area (Å²) in [5.41, 5.74) is 1.82. The fraction of sp³-hybridized carbons (Fsp3) is 0.714. The normalized spacial score (nSPS) is 22.5. The molecule has 0 saturated carbocycles. The molecule has 2 aliphatic rings. The monoisotopic (exact) mass is 279 g/mol. The fourth-order valence-electron chi connectivity index (χ4n) is 2.59. The zero-order chi connectivity index (χ0) is 14.2. The maximum absolute atomic E-state index is 12.3. The average molecular weight is 279 g/mol. The van der Waals surface area contributed by atoms with Gasteiger partial charge in [0.25, 0.3) is 5.91 Å². The van der Waals surface area contributed by atoms with Gasteiger partial charge in [-0.15, -0.1) is 0 Å². The Morgan fingerprint density at radius 3 is 2.90 bits per heavy atom. The second kappa shape index (κ2) is 5.27. The lowest BCUT2D eigenvalue weighted by atomic mass is 9.98. The van der Waals surface area contributed by atoms with Crippen molar-refractivity contribution in [2.24, 2.45) is 0 Å². The molecule has 0 atom stereocenters. The summed E-state index contributed by atoms with van der Waals surface area (Å²) < 4.78 is 12.5. The third kappa shape index (κ3) is 2.92. The summed E-state index contributed by atoms with van der Waals surface area (Å²) in [5, 5.41) is 4.44. The van der Waals surface area contributed by atoms with Gasteiger partial charge in [0.05, 0.1) is 37.7 Å². The summed E-state index contributed by atoms with van der Waals surface area (Å²) >= 11 is 0. The number of hydrogen-bond acceptors (Lipinski definition) is 5. The van der Waals surface area contributed by atoms with Crippen molar-refractivity contribution in [3.05, 3.63) is 17.5 Å². The first kappa shape index (κ1) is 13.7.